The van der Waals surface area contributed by atoms with Crippen LogP contribution >= 0.6 is 0 Å². The van der Waals surface area contributed by atoms with E-state index >= 15 is 0 Å². The molecule has 238 valence electrons. The third-order valence-corrected chi connectivity index (χ3v) is 10.0. The molecule has 4 heterocycles. The van der Waals surface area contributed by atoms with Crippen LogP contribution in [0.5, 0.6) is 0 Å². The fourth-order valence-corrected chi connectivity index (χ4v) is 7.61. The van der Waals surface area contributed by atoms with Crippen LogP contribution < -0.4 is 0 Å². The van der Waals surface area contributed by atoms with Crippen molar-refractivity contribution in [2.24, 2.45) is 0 Å². The molecule has 0 unspecified atom stereocenters. The van der Waals surface area contributed by atoms with E-state index in [1.165, 1.54) is 0 Å². The van der Waals surface area contributed by atoms with Gasteiger partial charge in [-0.3, -0.25) is 0 Å². The Morgan fingerprint density at radius 3 is 1.53 bits per heavy atom. The number of rotatable bonds is 4. The zero-order chi connectivity index (χ0) is 33.5. The van der Waals surface area contributed by atoms with Gasteiger partial charge in [-0.1, -0.05) is 115 Å². The van der Waals surface area contributed by atoms with E-state index in [0.29, 0.717) is 5.58 Å². The third-order valence-electron chi connectivity index (χ3n) is 10.0. The Morgan fingerprint density at radius 2 is 0.843 bits per heavy atom. The average Bonchev–Trinajstić information content (AvgIpc) is 3.89. The van der Waals surface area contributed by atoms with Crippen LogP contribution in [0.25, 0.3) is 111 Å². The topological polar surface area (TPSA) is 65.2 Å². The number of benzene rings is 7. The quantitative estimate of drug-likeness (QED) is 0.189. The largest absolute Gasteiger partial charge is 0.455 e. The van der Waals surface area contributed by atoms with Crippen LogP contribution in [0.1, 0.15) is 0 Å². The zero-order valence-electron chi connectivity index (χ0n) is 27.1. The van der Waals surface area contributed by atoms with Crippen molar-refractivity contribution in [3.05, 3.63) is 158 Å². The summed E-state index contributed by atoms with van der Waals surface area (Å²) in [5, 5.41) is 5.39. The van der Waals surface area contributed by atoms with Crippen molar-refractivity contribution < 1.29 is 13.3 Å². The molecule has 0 aliphatic heterocycles. The van der Waals surface area contributed by atoms with Gasteiger partial charge in [0.15, 0.2) is 5.58 Å². The molecule has 0 saturated carbocycles. The molecular weight excluding hydrogens is 629 g/mol. The highest BCUT2D eigenvalue weighted by Gasteiger charge is 2.18. The summed E-state index contributed by atoms with van der Waals surface area (Å²) in [5.41, 5.74) is 13.9. The van der Waals surface area contributed by atoms with Crippen molar-refractivity contribution in [2.75, 3.05) is 0 Å². The molecule has 0 bridgehead atoms. The maximum atomic E-state index is 6.49. The molecule has 0 radical (unpaired) electrons. The zero-order valence-corrected chi connectivity index (χ0v) is 27.1. The van der Waals surface area contributed by atoms with Gasteiger partial charge in [0.05, 0.1) is 0 Å². The summed E-state index contributed by atoms with van der Waals surface area (Å²) in [6.07, 6.45) is 1.63. The van der Waals surface area contributed by atoms with Crippen molar-refractivity contribution in [2.45, 2.75) is 0 Å². The molecular formula is C46H26N2O3. The predicted octanol–water partition coefficient (Wildman–Crippen LogP) is 12.8. The average molecular weight is 655 g/mol. The molecule has 0 spiro atoms. The molecule has 0 aliphatic carbocycles. The van der Waals surface area contributed by atoms with Crippen LogP contribution in [0.15, 0.2) is 171 Å². The highest BCUT2D eigenvalue weighted by Crippen LogP contribution is 2.41. The third kappa shape index (κ3) is 4.28. The van der Waals surface area contributed by atoms with E-state index in [1.54, 1.807) is 6.33 Å². The van der Waals surface area contributed by atoms with Crippen LogP contribution in [0.4, 0.5) is 0 Å². The van der Waals surface area contributed by atoms with E-state index < -0.39 is 0 Å². The highest BCUT2D eigenvalue weighted by molar-refractivity contribution is 6.12. The van der Waals surface area contributed by atoms with Crippen LogP contribution in [-0.2, 0) is 0 Å². The molecule has 0 saturated heterocycles. The van der Waals surface area contributed by atoms with Crippen LogP contribution in [0.3, 0.4) is 0 Å². The molecule has 0 N–H and O–H groups in total. The Balaban J connectivity index is 1.00. The number of furan rings is 3. The molecule has 0 atom stereocenters. The lowest BCUT2D eigenvalue weighted by Gasteiger charge is -2.09. The summed E-state index contributed by atoms with van der Waals surface area (Å²) in [5.74, 6) is 0. The van der Waals surface area contributed by atoms with Gasteiger partial charge >= 0.3 is 0 Å². The molecule has 0 fully saturated rings. The second-order valence-electron chi connectivity index (χ2n) is 12.9. The smallest absolute Gasteiger partial charge is 0.180 e. The monoisotopic (exact) mass is 654 g/mol. The molecule has 0 aliphatic rings. The number of hydrogen-bond donors (Lipinski definition) is 0. The van der Waals surface area contributed by atoms with Gasteiger partial charge < -0.3 is 13.3 Å². The lowest BCUT2D eigenvalue weighted by molar-refractivity contribution is 0.666. The number of hydrogen-bond acceptors (Lipinski definition) is 5. The lowest BCUT2D eigenvalue weighted by Crippen LogP contribution is -1.88. The molecule has 4 aromatic heterocycles. The van der Waals surface area contributed by atoms with Crippen LogP contribution in [0.2, 0.25) is 0 Å². The Hall–Kier alpha value is -6.98. The predicted molar refractivity (Wildman–Crippen MR) is 206 cm³/mol. The molecule has 7 aromatic carbocycles. The summed E-state index contributed by atoms with van der Waals surface area (Å²) >= 11 is 0. The van der Waals surface area contributed by atoms with Gasteiger partial charge in [0, 0.05) is 43.6 Å². The van der Waals surface area contributed by atoms with Crippen LogP contribution in [0, 0.1) is 0 Å². The minimum atomic E-state index is 0.661. The molecule has 51 heavy (non-hydrogen) atoms. The molecule has 0 amide bonds. The van der Waals surface area contributed by atoms with Gasteiger partial charge in [-0.15, -0.1) is 0 Å². The summed E-state index contributed by atoms with van der Waals surface area (Å²) in [4.78, 5) is 9.46. The maximum absolute atomic E-state index is 6.49. The van der Waals surface area contributed by atoms with E-state index in [0.717, 1.165) is 105 Å². The molecule has 5 nitrogen and oxygen atoms in total. The van der Waals surface area contributed by atoms with Crippen LogP contribution in [-0.4, -0.2) is 9.97 Å². The minimum absolute atomic E-state index is 0.661. The van der Waals surface area contributed by atoms with E-state index in [9.17, 15) is 0 Å². The summed E-state index contributed by atoms with van der Waals surface area (Å²) in [7, 11) is 0. The minimum Gasteiger partial charge on any atom is -0.455 e. The second-order valence-corrected chi connectivity index (χ2v) is 12.9. The fraction of sp³-hybridized carbons (Fsp3) is 0. The van der Waals surface area contributed by atoms with E-state index in [4.69, 9.17) is 23.2 Å². The first-order valence-corrected chi connectivity index (χ1v) is 17.0. The number of nitrogens with zero attached hydrogens (tertiary/aromatic N) is 2. The van der Waals surface area contributed by atoms with Crippen molar-refractivity contribution >= 4 is 65.9 Å². The maximum Gasteiger partial charge on any atom is 0.180 e. The van der Waals surface area contributed by atoms with E-state index in [-0.39, 0.29) is 0 Å². The summed E-state index contributed by atoms with van der Waals surface area (Å²) < 4.78 is 19.2. The van der Waals surface area contributed by atoms with Gasteiger partial charge in [0.2, 0.25) is 0 Å². The van der Waals surface area contributed by atoms with Gasteiger partial charge in [0.1, 0.15) is 45.5 Å². The van der Waals surface area contributed by atoms with E-state index in [1.807, 2.05) is 36.4 Å². The molecule has 11 aromatic rings. The lowest BCUT2D eigenvalue weighted by atomic mass is 9.96. The summed E-state index contributed by atoms with van der Waals surface area (Å²) in [6.45, 7) is 0. The van der Waals surface area contributed by atoms with E-state index in [2.05, 4.69) is 115 Å². The Bertz CT molecular complexity index is 3160. The van der Waals surface area contributed by atoms with Crippen molar-refractivity contribution in [3.8, 4) is 44.6 Å². The Labute approximate surface area is 291 Å². The first-order valence-electron chi connectivity index (χ1n) is 17.0. The normalized spacial score (nSPS) is 11.9. The number of aromatic nitrogens is 2. The summed E-state index contributed by atoms with van der Waals surface area (Å²) in [6, 6.07) is 52.3. The fourth-order valence-electron chi connectivity index (χ4n) is 7.61. The second kappa shape index (κ2) is 10.8. The first-order chi connectivity index (χ1) is 25.3. The Morgan fingerprint density at radius 1 is 0.333 bits per heavy atom. The van der Waals surface area contributed by atoms with Gasteiger partial charge in [0.25, 0.3) is 0 Å². The molecule has 5 heteroatoms. The van der Waals surface area contributed by atoms with Gasteiger partial charge in [-0.2, -0.15) is 0 Å². The number of fused-ring (bicyclic) bond motifs is 9. The number of para-hydroxylation sites is 4. The van der Waals surface area contributed by atoms with Gasteiger partial charge in [-0.25, -0.2) is 9.97 Å². The first kappa shape index (κ1) is 27.9. The SMILES string of the molecule is c1cc(-c2cccc(-c3ncnc4c3oc3ccc(-c5cccc6c5oc5ccccc56)cc34)c2)cc(-c2cccc3c2oc2ccccc23)c1. The molecule has 11 rings (SSSR count). The van der Waals surface area contributed by atoms with Crippen molar-refractivity contribution in [1.82, 2.24) is 9.97 Å². The Kier molecular flexibility index (Phi) is 5.89. The van der Waals surface area contributed by atoms with Gasteiger partial charge in [-0.05, 0) is 58.7 Å². The van der Waals surface area contributed by atoms with Crippen molar-refractivity contribution in [3.63, 3.8) is 0 Å². The van der Waals surface area contributed by atoms with Crippen molar-refractivity contribution in [1.29, 1.82) is 0 Å². The highest BCUT2D eigenvalue weighted by atomic mass is 16.3. The standard InChI is InChI=1S/C46H26N2O3/c1-3-19-39-34(13-1)36-17-7-15-32(44(36)49-39)29-11-5-9-27(23-29)28-10-6-12-31(24-28)42-46-43(48-26-47-42)38-25-30(21-22-41(38)51-46)33-16-8-18-37-35-14-2-4-20-40(35)50-45(33)37/h1-26H.